The minimum Gasteiger partial charge on any atom is -0.507 e. The molecule has 2 rings (SSSR count). The van der Waals surface area contributed by atoms with Crippen molar-refractivity contribution in [3.8, 4) is 5.75 Å². The Kier molecular flexibility index (Phi) is 1.74. The van der Waals surface area contributed by atoms with E-state index in [0.29, 0.717) is 5.75 Å². The fourth-order valence-electron chi connectivity index (χ4n) is 1.31. The normalized spacial score (nSPS) is 10.4. The molecule has 0 bridgehead atoms. The summed E-state index contributed by atoms with van der Waals surface area (Å²) >= 11 is 0. The molecule has 0 aliphatic heterocycles. The zero-order chi connectivity index (χ0) is 8.55. The minimum atomic E-state index is 0.344. The highest BCUT2D eigenvalue weighted by Crippen LogP contribution is 2.23. The summed E-state index contributed by atoms with van der Waals surface area (Å²) in [6.07, 6.45) is 0. The van der Waals surface area contributed by atoms with Crippen molar-refractivity contribution >= 4 is 25.3 Å². The summed E-state index contributed by atoms with van der Waals surface area (Å²) in [5, 5.41) is 12.6. The molecular formula is C10H9OP. The van der Waals surface area contributed by atoms with Crippen molar-refractivity contribution < 1.29 is 5.11 Å². The van der Waals surface area contributed by atoms with Crippen LogP contribution in [0.5, 0.6) is 5.75 Å². The van der Waals surface area contributed by atoms with Crippen molar-refractivity contribution in [2.45, 2.75) is 0 Å². The molecule has 2 aromatic rings. The number of rotatable bonds is 0. The van der Waals surface area contributed by atoms with Crippen LogP contribution >= 0.6 is 9.24 Å². The smallest absolute Gasteiger partial charge is 0.123 e. The van der Waals surface area contributed by atoms with Crippen LogP contribution in [0.3, 0.4) is 0 Å². The van der Waals surface area contributed by atoms with Gasteiger partial charge in [0.15, 0.2) is 0 Å². The van der Waals surface area contributed by atoms with Crippen LogP contribution in [0.25, 0.3) is 10.8 Å². The minimum absolute atomic E-state index is 0.344. The molecule has 0 saturated carbocycles. The molecule has 1 N–H and O–H groups in total. The van der Waals surface area contributed by atoms with Gasteiger partial charge in [0.25, 0.3) is 0 Å². The van der Waals surface area contributed by atoms with Crippen molar-refractivity contribution in [2.24, 2.45) is 0 Å². The summed E-state index contributed by atoms with van der Waals surface area (Å²) in [4.78, 5) is 0. The van der Waals surface area contributed by atoms with Crippen LogP contribution in [-0.4, -0.2) is 5.11 Å². The summed E-state index contributed by atoms with van der Waals surface area (Å²) in [5.41, 5.74) is 0. The van der Waals surface area contributed by atoms with Gasteiger partial charge < -0.3 is 5.11 Å². The van der Waals surface area contributed by atoms with Crippen LogP contribution in [-0.2, 0) is 0 Å². The van der Waals surface area contributed by atoms with Crippen LogP contribution in [0.2, 0.25) is 0 Å². The van der Waals surface area contributed by atoms with Gasteiger partial charge in [-0.3, -0.25) is 0 Å². The largest absolute Gasteiger partial charge is 0.507 e. The monoisotopic (exact) mass is 176 g/mol. The lowest BCUT2D eigenvalue weighted by Crippen LogP contribution is -1.91. The van der Waals surface area contributed by atoms with Crippen molar-refractivity contribution in [1.29, 1.82) is 0 Å². The van der Waals surface area contributed by atoms with Gasteiger partial charge in [-0.1, -0.05) is 30.3 Å². The van der Waals surface area contributed by atoms with E-state index in [1.54, 1.807) is 6.07 Å². The van der Waals surface area contributed by atoms with Gasteiger partial charge in [0, 0.05) is 5.39 Å². The topological polar surface area (TPSA) is 20.2 Å². The summed E-state index contributed by atoms with van der Waals surface area (Å²) in [6, 6.07) is 11.4. The quantitative estimate of drug-likeness (QED) is 0.609. The van der Waals surface area contributed by atoms with Crippen LogP contribution in [0, 0.1) is 0 Å². The standard InChI is InChI=1S/C10H9OP/c11-9-5-6-10(12)8-4-2-1-3-7(8)9/h1-6,11H,12H2. The fourth-order valence-corrected chi connectivity index (χ4v) is 1.65. The third-order valence-corrected chi connectivity index (χ3v) is 2.44. The van der Waals surface area contributed by atoms with E-state index in [-0.39, 0.29) is 0 Å². The van der Waals surface area contributed by atoms with E-state index < -0.39 is 0 Å². The highest BCUT2D eigenvalue weighted by atomic mass is 31.0. The number of benzene rings is 2. The Morgan fingerprint density at radius 2 is 1.58 bits per heavy atom. The number of fused-ring (bicyclic) bond motifs is 1. The zero-order valence-electron chi connectivity index (χ0n) is 6.49. The molecule has 0 radical (unpaired) electrons. The van der Waals surface area contributed by atoms with Crippen LogP contribution < -0.4 is 5.30 Å². The Bertz CT molecular complexity index is 383. The second-order valence-corrected chi connectivity index (χ2v) is 3.34. The van der Waals surface area contributed by atoms with Crippen LogP contribution in [0.1, 0.15) is 0 Å². The molecule has 0 spiro atoms. The third kappa shape index (κ3) is 1.07. The van der Waals surface area contributed by atoms with E-state index in [0.717, 1.165) is 16.1 Å². The van der Waals surface area contributed by atoms with Gasteiger partial charge in [-0.2, -0.15) is 0 Å². The molecule has 1 atom stereocenters. The van der Waals surface area contributed by atoms with Crippen molar-refractivity contribution in [1.82, 2.24) is 0 Å². The number of phenolic OH excluding ortho intramolecular Hbond substituents is 1. The third-order valence-electron chi connectivity index (χ3n) is 1.93. The first-order chi connectivity index (χ1) is 5.79. The SMILES string of the molecule is Oc1ccc(P)c2ccccc12. The first-order valence-electron chi connectivity index (χ1n) is 3.75. The molecule has 0 amide bonds. The molecule has 1 unspecified atom stereocenters. The highest BCUT2D eigenvalue weighted by Gasteiger charge is 1.99. The van der Waals surface area contributed by atoms with Crippen molar-refractivity contribution in [3.63, 3.8) is 0 Å². The fraction of sp³-hybridized carbons (Fsp3) is 0. The first kappa shape index (κ1) is 7.57. The number of aromatic hydroxyl groups is 1. The number of phenols is 1. The molecular weight excluding hydrogens is 167 g/mol. The summed E-state index contributed by atoms with van der Waals surface area (Å²) in [6.45, 7) is 0. The van der Waals surface area contributed by atoms with Crippen molar-refractivity contribution in [3.05, 3.63) is 36.4 Å². The predicted molar refractivity (Wildman–Crippen MR) is 55.0 cm³/mol. The average molecular weight is 176 g/mol. The van der Waals surface area contributed by atoms with E-state index in [2.05, 4.69) is 9.24 Å². The van der Waals surface area contributed by atoms with E-state index in [9.17, 15) is 5.11 Å². The Hall–Kier alpha value is -1.07. The lowest BCUT2D eigenvalue weighted by Gasteiger charge is -2.02. The number of hydrogen-bond donors (Lipinski definition) is 1. The Balaban J connectivity index is 2.95. The van der Waals surface area contributed by atoms with E-state index >= 15 is 0 Å². The Morgan fingerprint density at radius 1 is 0.917 bits per heavy atom. The van der Waals surface area contributed by atoms with Crippen LogP contribution in [0.15, 0.2) is 36.4 Å². The van der Waals surface area contributed by atoms with Crippen LogP contribution in [0.4, 0.5) is 0 Å². The molecule has 2 heteroatoms. The maximum Gasteiger partial charge on any atom is 0.123 e. The zero-order valence-corrected chi connectivity index (χ0v) is 7.64. The van der Waals surface area contributed by atoms with Gasteiger partial charge in [0.1, 0.15) is 5.75 Å². The molecule has 1 nitrogen and oxygen atoms in total. The summed E-state index contributed by atoms with van der Waals surface area (Å²) in [7, 11) is 2.66. The summed E-state index contributed by atoms with van der Waals surface area (Å²) < 4.78 is 0. The van der Waals surface area contributed by atoms with Gasteiger partial charge >= 0.3 is 0 Å². The van der Waals surface area contributed by atoms with E-state index in [1.807, 2.05) is 30.3 Å². The summed E-state index contributed by atoms with van der Waals surface area (Å²) in [5.74, 6) is 0.344. The van der Waals surface area contributed by atoms with Gasteiger partial charge in [-0.15, -0.1) is 9.24 Å². The molecule has 0 saturated heterocycles. The molecule has 0 aliphatic carbocycles. The lowest BCUT2D eigenvalue weighted by molar-refractivity contribution is 0.482. The van der Waals surface area contributed by atoms with Gasteiger partial charge in [0.2, 0.25) is 0 Å². The molecule has 0 aromatic heterocycles. The maximum atomic E-state index is 9.49. The molecule has 0 heterocycles. The molecule has 2 aromatic carbocycles. The molecule has 0 aliphatic rings. The molecule has 12 heavy (non-hydrogen) atoms. The molecule has 60 valence electrons. The second kappa shape index (κ2) is 2.76. The first-order valence-corrected chi connectivity index (χ1v) is 4.33. The Morgan fingerprint density at radius 3 is 2.25 bits per heavy atom. The molecule has 0 fully saturated rings. The number of hydrogen-bond acceptors (Lipinski definition) is 1. The van der Waals surface area contributed by atoms with Gasteiger partial charge in [-0.05, 0) is 16.8 Å². The van der Waals surface area contributed by atoms with E-state index in [4.69, 9.17) is 0 Å². The van der Waals surface area contributed by atoms with Gasteiger partial charge in [0.05, 0.1) is 0 Å². The lowest BCUT2D eigenvalue weighted by atomic mass is 10.1. The van der Waals surface area contributed by atoms with Gasteiger partial charge in [-0.25, -0.2) is 0 Å². The highest BCUT2D eigenvalue weighted by molar-refractivity contribution is 7.28. The second-order valence-electron chi connectivity index (χ2n) is 2.72. The van der Waals surface area contributed by atoms with Crippen molar-refractivity contribution in [2.75, 3.05) is 0 Å². The van der Waals surface area contributed by atoms with E-state index in [1.165, 1.54) is 0 Å². The Labute approximate surface area is 73.2 Å². The average Bonchev–Trinajstić information content (AvgIpc) is 2.12. The maximum absolute atomic E-state index is 9.49. The predicted octanol–water partition coefficient (Wildman–Crippen LogP) is 2.05.